The van der Waals surface area contributed by atoms with Gasteiger partial charge in [0.1, 0.15) is 5.60 Å². The van der Waals surface area contributed by atoms with Crippen LogP contribution in [-0.2, 0) is 15.1 Å². The van der Waals surface area contributed by atoms with Crippen molar-refractivity contribution in [3.8, 4) is 0 Å². The molecule has 2 rings (SSSR count). The molecular weight excluding hydrogens is 258 g/mol. The molecule has 1 aliphatic rings. The van der Waals surface area contributed by atoms with E-state index in [1.54, 1.807) is 0 Å². The lowest BCUT2D eigenvalue weighted by atomic mass is 9.93. The summed E-state index contributed by atoms with van der Waals surface area (Å²) in [5, 5.41) is 4.12. The van der Waals surface area contributed by atoms with Crippen LogP contribution in [0.15, 0.2) is 4.52 Å². The third kappa shape index (κ3) is 3.02. The summed E-state index contributed by atoms with van der Waals surface area (Å²) in [5.74, 6) is 1.41. The van der Waals surface area contributed by atoms with Crippen molar-refractivity contribution in [3.05, 3.63) is 11.7 Å². The Kier molecular flexibility index (Phi) is 5.12. The van der Waals surface area contributed by atoms with E-state index >= 15 is 0 Å². The fourth-order valence-electron chi connectivity index (χ4n) is 2.46. The predicted molar refractivity (Wildman–Crippen MR) is 74.0 cm³/mol. The number of ether oxygens (including phenoxy) is 2. The molecule has 0 amide bonds. The summed E-state index contributed by atoms with van der Waals surface area (Å²) in [6, 6.07) is -0.222. The molecule has 20 heavy (non-hydrogen) atoms. The lowest BCUT2D eigenvalue weighted by Gasteiger charge is -2.33. The summed E-state index contributed by atoms with van der Waals surface area (Å²) in [5.41, 5.74) is 5.67. The van der Waals surface area contributed by atoms with Crippen molar-refractivity contribution in [2.24, 2.45) is 11.7 Å². The van der Waals surface area contributed by atoms with E-state index in [1.165, 1.54) is 0 Å². The zero-order chi connectivity index (χ0) is 14.6. The highest BCUT2D eigenvalue weighted by Crippen LogP contribution is 2.35. The van der Waals surface area contributed by atoms with E-state index in [9.17, 15) is 0 Å². The van der Waals surface area contributed by atoms with Crippen LogP contribution in [0.1, 0.15) is 57.8 Å². The zero-order valence-electron chi connectivity index (χ0n) is 12.6. The predicted octanol–water partition coefficient (Wildman–Crippen LogP) is 2.16. The quantitative estimate of drug-likeness (QED) is 0.861. The van der Waals surface area contributed by atoms with Crippen LogP contribution in [0.5, 0.6) is 0 Å². The Morgan fingerprint density at radius 2 is 2.05 bits per heavy atom. The average molecular weight is 283 g/mol. The van der Waals surface area contributed by atoms with Crippen LogP contribution in [0.3, 0.4) is 0 Å². The van der Waals surface area contributed by atoms with Crippen LogP contribution in [-0.4, -0.2) is 30.0 Å². The van der Waals surface area contributed by atoms with Crippen molar-refractivity contribution in [3.63, 3.8) is 0 Å². The first-order valence-corrected chi connectivity index (χ1v) is 7.44. The minimum Gasteiger partial charge on any atom is -0.381 e. The first-order valence-electron chi connectivity index (χ1n) is 7.44. The molecule has 0 radical (unpaired) electrons. The Labute approximate surface area is 120 Å². The number of nitrogens with zero attached hydrogens (tertiary/aromatic N) is 2. The van der Waals surface area contributed by atoms with Crippen molar-refractivity contribution in [1.82, 2.24) is 10.1 Å². The van der Waals surface area contributed by atoms with Gasteiger partial charge in [-0.1, -0.05) is 25.4 Å². The molecular formula is C14H25N3O3. The molecule has 1 saturated heterocycles. The van der Waals surface area contributed by atoms with Crippen LogP contribution < -0.4 is 5.73 Å². The van der Waals surface area contributed by atoms with E-state index in [0.717, 1.165) is 19.3 Å². The second-order valence-corrected chi connectivity index (χ2v) is 5.41. The van der Waals surface area contributed by atoms with Gasteiger partial charge in [-0.2, -0.15) is 4.98 Å². The van der Waals surface area contributed by atoms with Gasteiger partial charge in [0.15, 0.2) is 0 Å². The normalized spacial score (nSPS) is 21.6. The smallest absolute Gasteiger partial charge is 0.243 e. The maximum atomic E-state index is 6.15. The van der Waals surface area contributed by atoms with E-state index in [0.29, 0.717) is 37.5 Å². The van der Waals surface area contributed by atoms with Crippen molar-refractivity contribution in [2.45, 2.75) is 51.7 Å². The van der Waals surface area contributed by atoms with Gasteiger partial charge >= 0.3 is 0 Å². The van der Waals surface area contributed by atoms with Gasteiger partial charge in [-0.3, -0.25) is 0 Å². The second-order valence-electron chi connectivity index (χ2n) is 5.41. The monoisotopic (exact) mass is 283 g/mol. The molecule has 0 aromatic carbocycles. The zero-order valence-corrected chi connectivity index (χ0v) is 12.6. The summed E-state index contributed by atoms with van der Waals surface area (Å²) in [7, 11) is 0. The van der Waals surface area contributed by atoms with Gasteiger partial charge in [-0.25, -0.2) is 0 Å². The summed E-state index contributed by atoms with van der Waals surface area (Å²) >= 11 is 0. The summed E-state index contributed by atoms with van der Waals surface area (Å²) in [6.45, 7) is 8.08. The van der Waals surface area contributed by atoms with E-state index in [2.05, 4.69) is 24.0 Å². The molecule has 1 aromatic heterocycles. The SMILES string of the molecule is CCOC1(c2noc([C@@H](N)[C@@H](C)CC)n2)CCOCC1. The van der Waals surface area contributed by atoms with E-state index in [-0.39, 0.29) is 6.04 Å². The standard InChI is InChI=1S/C14H25N3O3/c1-4-10(3)11(15)12-16-13(17-20-12)14(19-5-2)6-8-18-9-7-14/h10-11H,4-9,15H2,1-3H3/t10-,11-/m0/s1. The number of rotatable bonds is 6. The minimum atomic E-state index is -0.482. The van der Waals surface area contributed by atoms with Gasteiger partial charge < -0.3 is 19.7 Å². The fourth-order valence-corrected chi connectivity index (χ4v) is 2.46. The van der Waals surface area contributed by atoms with Gasteiger partial charge in [0.05, 0.1) is 6.04 Å². The van der Waals surface area contributed by atoms with Crippen molar-refractivity contribution < 1.29 is 14.0 Å². The first-order chi connectivity index (χ1) is 9.63. The molecule has 0 aliphatic carbocycles. The molecule has 2 N–H and O–H groups in total. The third-order valence-electron chi connectivity index (χ3n) is 4.11. The summed E-state index contributed by atoms with van der Waals surface area (Å²) in [4.78, 5) is 4.51. The van der Waals surface area contributed by atoms with Crippen molar-refractivity contribution in [1.29, 1.82) is 0 Å². The van der Waals surface area contributed by atoms with E-state index < -0.39 is 5.60 Å². The third-order valence-corrected chi connectivity index (χ3v) is 4.11. The first kappa shape index (κ1) is 15.4. The Bertz CT molecular complexity index is 410. The highest BCUT2D eigenvalue weighted by molar-refractivity contribution is 5.05. The van der Waals surface area contributed by atoms with Gasteiger partial charge in [0, 0.05) is 32.7 Å². The number of hydrogen-bond donors (Lipinski definition) is 1. The fraction of sp³-hybridized carbons (Fsp3) is 0.857. The topological polar surface area (TPSA) is 83.4 Å². The maximum Gasteiger partial charge on any atom is 0.243 e. The molecule has 1 fully saturated rings. The minimum absolute atomic E-state index is 0.222. The van der Waals surface area contributed by atoms with Gasteiger partial charge in [0.25, 0.3) is 0 Å². The maximum absolute atomic E-state index is 6.15. The van der Waals surface area contributed by atoms with Crippen LogP contribution in [0.25, 0.3) is 0 Å². The molecule has 0 spiro atoms. The van der Waals surface area contributed by atoms with Crippen LogP contribution in [0.4, 0.5) is 0 Å². The van der Waals surface area contributed by atoms with Crippen molar-refractivity contribution >= 4 is 0 Å². The summed E-state index contributed by atoms with van der Waals surface area (Å²) < 4.78 is 16.7. The Morgan fingerprint density at radius 3 is 2.65 bits per heavy atom. The van der Waals surface area contributed by atoms with Crippen LogP contribution in [0.2, 0.25) is 0 Å². The lowest BCUT2D eigenvalue weighted by Crippen LogP contribution is -2.37. The highest BCUT2D eigenvalue weighted by atomic mass is 16.5. The van der Waals surface area contributed by atoms with Crippen LogP contribution in [0, 0.1) is 5.92 Å². The molecule has 1 aliphatic heterocycles. The molecule has 0 unspecified atom stereocenters. The average Bonchev–Trinajstić information content (AvgIpc) is 2.97. The molecule has 0 bridgehead atoms. The number of nitrogens with two attached hydrogens (primary N) is 1. The largest absolute Gasteiger partial charge is 0.381 e. The summed E-state index contributed by atoms with van der Waals surface area (Å²) in [6.07, 6.45) is 2.47. The highest BCUT2D eigenvalue weighted by Gasteiger charge is 2.40. The molecule has 2 atom stereocenters. The number of hydrogen-bond acceptors (Lipinski definition) is 6. The molecule has 2 heterocycles. The molecule has 114 valence electrons. The molecule has 0 saturated carbocycles. The Hall–Kier alpha value is -0.980. The Morgan fingerprint density at radius 1 is 1.35 bits per heavy atom. The molecule has 6 nitrogen and oxygen atoms in total. The van der Waals surface area contributed by atoms with Gasteiger partial charge in [0.2, 0.25) is 11.7 Å². The lowest BCUT2D eigenvalue weighted by molar-refractivity contribution is -0.118. The van der Waals surface area contributed by atoms with Crippen LogP contribution >= 0.6 is 0 Å². The molecule has 6 heteroatoms. The second kappa shape index (κ2) is 6.65. The Balaban J connectivity index is 2.20. The van der Waals surface area contributed by atoms with Gasteiger partial charge in [-0.05, 0) is 12.8 Å². The van der Waals surface area contributed by atoms with E-state index in [4.69, 9.17) is 19.7 Å². The van der Waals surface area contributed by atoms with E-state index in [1.807, 2.05) is 6.92 Å². The van der Waals surface area contributed by atoms with Crippen molar-refractivity contribution in [2.75, 3.05) is 19.8 Å². The molecule has 1 aromatic rings. The number of aromatic nitrogens is 2. The van der Waals surface area contributed by atoms with Gasteiger partial charge in [-0.15, -0.1) is 0 Å².